The molecule has 1 atom stereocenters. The highest BCUT2D eigenvalue weighted by Crippen LogP contribution is 2.08. The summed E-state index contributed by atoms with van der Waals surface area (Å²) in [5.41, 5.74) is -0.306. The van der Waals surface area contributed by atoms with Crippen molar-refractivity contribution in [3.8, 4) is 0 Å². The molecule has 0 saturated heterocycles. The molecule has 2 heteroatoms. The fourth-order valence-corrected chi connectivity index (χ4v) is 0.602. The van der Waals surface area contributed by atoms with Crippen molar-refractivity contribution in [2.75, 3.05) is 7.05 Å². The molecule has 9 heavy (non-hydrogen) atoms. The first-order valence-electron chi connectivity index (χ1n) is 3.26. The van der Waals surface area contributed by atoms with E-state index in [0.29, 0.717) is 0 Å². The van der Waals surface area contributed by atoms with Gasteiger partial charge in [-0.25, -0.2) is 0 Å². The summed E-state index contributed by atoms with van der Waals surface area (Å²) in [6.45, 7) is 5.52. The molecular weight excluding hydrogens is 114 g/mol. The van der Waals surface area contributed by atoms with Crippen molar-refractivity contribution in [1.29, 1.82) is 0 Å². The Balaban J connectivity index is 4.09. The molecule has 0 aromatic rings. The number of nitrogens with one attached hydrogen (secondary N) is 1. The Morgan fingerprint density at radius 1 is 1.67 bits per heavy atom. The van der Waals surface area contributed by atoms with E-state index in [1.807, 2.05) is 20.9 Å². The van der Waals surface area contributed by atoms with Crippen LogP contribution in [0, 0.1) is 0 Å². The predicted molar refractivity (Wildman–Crippen MR) is 38.4 cm³/mol. The molecule has 0 aliphatic rings. The Hall–Kier alpha value is -0.370. The predicted octanol–water partition coefficient (Wildman–Crippen LogP) is 0.964. The monoisotopic (exact) mass is 129 g/mol. The number of likely N-dealkylation sites (N-methyl/N-ethyl adjacent to an activating group) is 1. The van der Waals surface area contributed by atoms with E-state index in [2.05, 4.69) is 5.32 Å². The molecule has 2 nitrogen and oxygen atoms in total. The van der Waals surface area contributed by atoms with E-state index >= 15 is 0 Å². The van der Waals surface area contributed by atoms with E-state index in [0.717, 1.165) is 6.42 Å². The van der Waals surface area contributed by atoms with Crippen LogP contribution in [0.25, 0.3) is 0 Å². The van der Waals surface area contributed by atoms with Gasteiger partial charge in [-0.3, -0.25) is 4.79 Å². The van der Waals surface area contributed by atoms with Crippen LogP contribution in [0.2, 0.25) is 0 Å². The van der Waals surface area contributed by atoms with Crippen molar-refractivity contribution in [1.82, 2.24) is 5.32 Å². The second-order valence-corrected chi connectivity index (χ2v) is 2.49. The van der Waals surface area contributed by atoms with Crippen molar-refractivity contribution in [2.45, 2.75) is 32.7 Å². The average molecular weight is 129 g/mol. The average Bonchev–Trinajstić information content (AvgIpc) is 1.86. The molecule has 0 heterocycles. The van der Waals surface area contributed by atoms with Crippen molar-refractivity contribution in [2.24, 2.45) is 0 Å². The summed E-state index contributed by atoms with van der Waals surface area (Å²) in [6, 6.07) is 0. The van der Waals surface area contributed by atoms with Crippen LogP contribution in [0.15, 0.2) is 0 Å². The van der Waals surface area contributed by atoms with Crippen LogP contribution in [0.1, 0.15) is 27.2 Å². The number of carbonyl (C=O) groups excluding carboxylic acids is 1. The zero-order valence-corrected chi connectivity index (χ0v) is 6.62. The van der Waals surface area contributed by atoms with E-state index in [1.54, 1.807) is 6.92 Å². The van der Waals surface area contributed by atoms with Crippen LogP contribution in [0.5, 0.6) is 0 Å². The lowest BCUT2D eigenvalue weighted by molar-refractivity contribution is -0.122. The third-order valence-corrected chi connectivity index (χ3v) is 2.04. The second kappa shape index (κ2) is 2.97. The minimum absolute atomic E-state index is 0.201. The van der Waals surface area contributed by atoms with Crippen molar-refractivity contribution >= 4 is 5.78 Å². The number of Topliss-reactive ketones (excluding diaryl/α,β-unsaturated/α-hetero) is 1. The van der Waals surface area contributed by atoms with Crippen LogP contribution in [-0.2, 0) is 4.79 Å². The molecule has 1 unspecified atom stereocenters. The molecule has 0 aromatic heterocycles. The highest BCUT2D eigenvalue weighted by atomic mass is 16.1. The highest BCUT2D eigenvalue weighted by molar-refractivity contribution is 5.85. The highest BCUT2D eigenvalue weighted by Gasteiger charge is 2.24. The van der Waals surface area contributed by atoms with E-state index in [9.17, 15) is 4.79 Å². The summed E-state index contributed by atoms with van der Waals surface area (Å²) in [5.74, 6) is 0.201. The van der Waals surface area contributed by atoms with Crippen molar-refractivity contribution in [3.63, 3.8) is 0 Å². The molecule has 0 aromatic carbocycles. The Morgan fingerprint density at radius 3 is 2.11 bits per heavy atom. The fourth-order valence-electron chi connectivity index (χ4n) is 0.602. The lowest BCUT2D eigenvalue weighted by atomic mass is 9.95. The van der Waals surface area contributed by atoms with Gasteiger partial charge >= 0.3 is 0 Å². The number of hydrogen-bond donors (Lipinski definition) is 1. The number of carbonyl (C=O) groups is 1. The molecule has 0 bridgehead atoms. The molecule has 0 aliphatic carbocycles. The Labute approximate surface area is 56.6 Å². The zero-order chi connectivity index (χ0) is 7.49. The number of ketones is 1. The van der Waals surface area contributed by atoms with Gasteiger partial charge in [0, 0.05) is 0 Å². The molecule has 1 N–H and O–H groups in total. The largest absolute Gasteiger partial charge is 0.308 e. The summed E-state index contributed by atoms with van der Waals surface area (Å²) in [5, 5.41) is 2.98. The lowest BCUT2D eigenvalue weighted by Crippen LogP contribution is -2.45. The Morgan fingerprint density at radius 2 is 2.11 bits per heavy atom. The van der Waals surface area contributed by atoms with Crippen LogP contribution in [0.4, 0.5) is 0 Å². The normalized spacial score (nSPS) is 16.9. The first-order chi connectivity index (χ1) is 4.06. The zero-order valence-electron chi connectivity index (χ0n) is 6.62. The minimum atomic E-state index is -0.306. The van der Waals surface area contributed by atoms with Crippen molar-refractivity contribution < 1.29 is 4.79 Å². The molecule has 0 saturated carbocycles. The second-order valence-electron chi connectivity index (χ2n) is 2.49. The molecule has 0 radical (unpaired) electrons. The molecule has 0 fully saturated rings. The first-order valence-corrected chi connectivity index (χ1v) is 3.26. The van der Waals surface area contributed by atoms with E-state index in [4.69, 9.17) is 0 Å². The van der Waals surface area contributed by atoms with Gasteiger partial charge in [-0.05, 0) is 27.3 Å². The van der Waals surface area contributed by atoms with Crippen LogP contribution >= 0.6 is 0 Å². The molecular formula is C7H15NO. The van der Waals surface area contributed by atoms with Gasteiger partial charge in [-0.15, -0.1) is 0 Å². The van der Waals surface area contributed by atoms with Gasteiger partial charge in [-0.1, -0.05) is 6.92 Å². The number of hydrogen-bond acceptors (Lipinski definition) is 2. The lowest BCUT2D eigenvalue weighted by Gasteiger charge is -2.23. The maximum Gasteiger partial charge on any atom is 0.149 e. The third kappa shape index (κ3) is 1.79. The maximum atomic E-state index is 10.9. The Kier molecular flexibility index (Phi) is 2.85. The molecule has 54 valence electrons. The standard InChI is InChI=1S/C7H15NO/c1-5-7(3,8-4)6(2)9/h8H,5H2,1-4H3. The van der Waals surface area contributed by atoms with Gasteiger partial charge in [0.1, 0.15) is 5.78 Å². The third-order valence-electron chi connectivity index (χ3n) is 2.04. The van der Waals surface area contributed by atoms with Crippen molar-refractivity contribution in [3.05, 3.63) is 0 Å². The van der Waals surface area contributed by atoms with E-state index < -0.39 is 0 Å². The van der Waals surface area contributed by atoms with Gasteiger partial charge in [0.15, 0.2) is 0 Å². The summed E-state index contributed by atoms with van der Waals surface area (Å²) >= 11 is 0. The van der Waals surface area contributed by atoms with E-state index in [1.165, 1.54) is 0 Å². The van der Waals surface area contributed by atoms with Crippen LogP contribution in [0.3, 0.4) is 0 Å². The smallest absolute Gasteiger partial charge is 0.149 e. The summed E-state index contributed by atoms with van der Waals surface area (Å²) in [4.78, 5) is 10.9. The van der Waals surface area contributed by atoms with Crippen LogP contribution < -0.4 is 5.32 Å². The molecule has 0 rings (SSSR count). The molecule has 0 aliphatic heterocycles. The SMILES string of the molecule is CCC(C)(NC)C(C)=O. The van der Waals surface area contributed by atoms with Gasteiger partial charge in [-0.2, -0.15) is 0 Å². The van der Waals surface area contributed by atoms with Gasteiger partial charge in [0.25, 0.3) is 0 Å². The van der Waals surface area contributed by atoms with Gasteiger partial charge < -0.3 is 5.32 Å². The van der Waals surface area contributed by atoms with Crippen LogP contribution in [-0.4, -0.2) is 18.4 Å². The Bertz CT molecular complexity index is 105. The fraction of sp³-hybridized carbons (Fsp3) is 0.857. The maximum absolute atomic E-state index is 10.9. The quantitative estimate of drug-likeness (QED) is 0.615. The molecule has 0 amide bonds. The van der Waals surface area contributed by atoms with Gasteiger partial charge in [0.05, 0.1) is 5.54 Å². The minimum Gasteiger partial charge on any atom is -0.308 e. The number of rotatable bonds is 3. The topological polar surface area (TPSA) is 29.1 Å². The first kappa shape index (κ1) is 8.63. The van der Waals surface area contributed by atoms with Gasteiger partial charge in [0.2, 0.25) is 0 Å². The summed E-state index contributed by atoms with van der Waals surface area (Å²) < 4.78 is 0. The summed E-state index contributed by atoms with van der Waals surface area (Å²) in [7, 11) is 1.81. The summed E-state index contributed by atoms with van der Waals surface area (Å²) in [6.07, 6.45) is 0.846. The van der Waals surface area contributed by atoms with E-state index in [-0.39, 0.29) is 11.3 Å². The molecule has 0 spiro atoms.